The number of aromatic nitrogens is 4. The largest absolute Gasteiger partial charge is 0.483 e. The molecule has 0 spiro atoms. The van der Waals surface area contributed by atoms with Crippen molar-refractivity contribution in [3.8, 4) is 17.0 Å². The molecule has 0 aliphatic heterocycles. The summed E-state index contributed by atoms with van der Waals surface area (Å²) >= 11 is 0.975. The van der Waals surface area contributed by atoms with Gasteiger partial charge in [0.25, 0.3) is 5.56 Å². The predicted octanol–water partition coefficient (Wildman–Crippen LogP) is 4.67. The molecule has 9 nitrogen and oxygen atoms in total. The van der Waals surface area contributed by atoms with E-state index in [1.54, 1.807) is 0 Å². The van der Waals surface area contributed by atoms with Crippen LogP contribution in [0.4, 0.5) is 27.1 Å². The number of anilines is 1. The zero-order valence-electron chi connectivity index (χ0n) is 20.9. The number of halogens is 5. The van der Waals surface area contributed by atoms with Gasteiger partial charge in [0.1, 0.15) is 18.7 Å². The number of carbonyl (C=O) groups is 1. The molecule has 15 heteroatoms. The Kier molecular flexibility index (Phi) is 7.21. The average Bonchev–Trinajstić information content (AvgIpc) is 3.54. The van der Waals surface area contributed by atoms with Crippen LogP contribution in [-0.4, -0.2) is 25.0 Å². The van der Waals surface area contributed by atoms with Crippen molar-refractivity contribution in [1.29, 1.82) is 0 Å². The first-order valence-corrected chi connectivity index (χ1v) is 12.6. The summed E-state index contributed by atoms with van der Waals surface area (Å²) < 4.78 is 76.7. The number of H-pyrrole nitrogens is 1. The van der Waals surface area contributed by atoms with Gasteiger partial charge in [-0.1, -0.05) is 18.2 Å². The Morgan fingerprint density at radius 2 is 1.83 bits per heavy atom. The second-order valence-electron chi connectivity index (χ2n) is 8.79. The number of nitrogens with one attached hydrogen (secondary N) is 2. The quantitative estimate of drug-likeness (QED) is 0.268. The molecule has 2 aromatic carbocycles. The molecule has 3 aromatic heterocycles. The lowest BCUT2D eigenvalue weighted by atomic mass is 10.1. The Hall–Kier alpha value is -4.79. The maximum absolute atomic E-state index is 14.7. The van der Waals surface area contributed by atoms with Crippen LogP contribution in [0.25, 0.3) is 22.3 Å². The van der Waals surface area contributed by atoms with Gasteiger partial charge < -0.3 is 14.6 Å². The predicted molar refractivity (Wildman–Crippen MR) is 140 cm³/mol. The summed E-state index contributed by atoms with van der Waals surface area (Å²) in [6, 6.07) is 7.89. The Morgan fingerprint density at radius 3 is 2.54 bits per heavy atom. The Labute approximate surface area is 230 Å². The first kappa shape index (κ1) is 27.8. The first-order chi connectivity index (χ1) is 19.4. The van der Waals surface area contributed by atoms with Crippen molar-refractivity contribution in [1.82, 2.24) is 19.1 Å². The summed E-state index contributed by atoms with van der Waals surface area (Å²) in [5.41, 5.74) is -1.93. The molecule has 5 aromatic rings. The molecule has 0 saturated heterocycles. The van der Waals surface area contributed by atoms with Crippen LogP contribution in [0.5, 0.6) is 5.75 Å². The van der Waals surface area contributed by atoms with Gasteiger partial charge in [-0.3, -0.25) is 19.1 Å². The first-order valence-electron chi connectivity index (χ1n) is 11.7. The highest BCUT2D eigenvalue weighted by atomic mass is 32.1. The minimum absolute atomic E-state index is 0.00338. The topological polar surface area (TPSA) is 111 Å². The maximum Gasteiger partial charge on any atom is 0.416 e. The number of hydrogen-bond donors (Lipinski definition) is 2. The normalized spacial score (nSPS) is 11.7. The van der Waals surface area contributed by atoms with Gasteiger partial charge in [-0.2, -0.15) is 13.2 Å². The summed E-state index contributed by atoms with van der Waals surface area (Å²) in [7, 11) is 1.47. The van der Waals surface area contributed by atoms with E-state index < -0.39 is 52.9 Å². The number of hydrogen-bond acceptors (Lipinski definition) is 6. The lowest BCUT2D eigenvalue weighted by Crippen LogP contribution is -2.29. The number of rotatable bonds is 7. The van der Waals surface area contributed by atoms with Crippen molar-refractivity contribution < 1.29 is 31.5 Å². The Morgan fingerprint density at radius 1 is 1.12 bits per heavy atom. The molecule has 0 radical (unpaired) electrons. The molecule has 3 heterocycles. The molecule has 1 amide bonds. The zero-order chi connectivity index (χ0) is 29.5. The number of fused-ring (bicyclic) bond motifs is 1. The number of aromatic amines is 1. The van der Waals surface area contributed by atoms with E-state index in [-0.39, 0.29) is 34.0 Å². The molecular formula is C26H18F5N5O4S. The van der Waals surface area contributed by atoms with Gasteiger partial charge in [-0.05, 0) is 24.3 Å². The van der Waals surface area contributed by atoms with Crippen molar-refractivity contribution in [3.63, 3.8) is 0 Å². The van der Waals surface area contributed by atoms with Crippen LogP contribution < -0.4 is 21.3 Å². The lowest BCUT2D eigenvalue weighted by molar-refractivity contribution is -0.138. The summed E-state index contributed by atoms with van der Waals surface area (Å²) in [5.74, 6) is -3.71. The average molecular weight is 592 g/mol. The number of aryl methyl sites for hydroxylation is 1. The van der Waals surface area contributed by atoms with Gasteiger partial charge in [0.15, 0.2) is 22.5 Å². The van der Waals surface area contributed by atoms with Gasteiger partial charge in [-0.25, -0.2) is 18.6 Å². The molecule has 2 N–H and O–H groups in total. The molecule has 5 rings (SSSR count). The molecule has 0 bridgehead atoms. The molecule has 0 fully saturated rings. The van der Waals surface area contributed by atoms with Gasteiger partial charge >= 0.3 is 11.9 Å². The van der Waals surface area contributed by atoms with Gasteiger partial charge in [-0.15, -0.1) is 11.3 Å². The standard InChI is InChI=1S/C26H18F5N5O4S/c1-35-19-6-7-36(21(19)23(38)34-25(35)39)10-20(37)33-24-32-18(12-41-24)14-8-16(27)22(17(28)9-14)40-11-13-4-2-3-5-15(13)26(29,30)31/h2-9,12H,10-11H2,1H3,(H,32,33,37)(H,34,38,39). The van der Waals surface area contributed by atoms with Crippen LogP contribution in [0.2, 0.25) is 0 Å². The second kappa shape index (κ2) is 10.6. The third-order valence-corrected chi connectivity index (χ3v) is 6.85. The van der Waals surface area contributed by atoms with Crippen LogP contribution in [0, 0.1) is 11.6 Å². The zero-order valence-corrected chi connectivity index (χ0v) is 21.7. The number of carbonyl (C=O) groups excluding carboxylic acids is 1. The van der Waals surface area contributed by atoms with Gasteiger partial charge in [0, 0.05) is 29.8 Å². The summed E-state index contributed by atoms with van der Waals surface area (Å²) in [6.07, 6.45) is -3.19. The molecule has 0 unspecified atom stereocenters. The van der Waals surface area contributed by atoms with E-state index >= 15 is 0 Å². The maximum atomic E-state index is 14.7. The van der Waals surface area contributed by atoms with E-state index in [9.17, 15) is 36.3 Å². The van der Waals surface area contributed by atoms with E-state index in [0.717, 1.165) is 35.6 Å². The van der Waals surface area contributed by atoms with Crippen LogP contribution in [0.1, 0.15) is 11.1 Å². The van der Waals surface area contributed by atoms with E-state index in [0.29, 0.717) is 5.52 Å². The van der Waals surface area contributed by atoms with Crippen LogP contribution >= 0.6 is 11.3 Å². The summed E-state index contributed by atoms with van der Waals surface area (Å²) in [6.45, 7) is -0.999. The van der Waals surface area contributed by atoms with Crippen molar-refractivity contribution in [3.05, 3.63) is 97.6 Å². The minimum Gasteiger partial charge on any atom is -0.483 e. The number of benzene rings is 2. The van der Waals surface area contributed by atoms with Crippen molar-refractivity contribution in [2.24, 2.45) is 7.05 Å². The smallest absolute Gasteiger partial charge is 0.416 e. The van der Waals surface area contributed by atoms with Crippen LogP contribution in [-0.2, 0) is 31.2 Å². The number of thiazole rings is 1. The van der Waals surface area contributed by atoms with Crippen molar-refractivity contribution >= 4 is 33.4 Å². The summed E-state index contributed by atoms with van der Waals surface area (Å²) in [4.78, 5) is 42.9. The molecule has 0 atom stereocenters. The van der Waals surface area contributed by atoms with Crippen molar-refractivity contribution in [2.75, 3.05) is 5.32 Å². The molecule has 0 aliphatic carbocycles. The van der Waals surface area contributed by atoms with Gasteiger partial charge in [0.2, 0.25) is 5.91 Å². The Bertz CT molecular complexity index is 1880. The van der Waals surface area contributed by atoms with Gasteiger partial charge in [0.05, 0.1) is 16.8 Å². The van der Waals surface area contributed by atoms with E-state index in [2.05, 4.69) is 15.3 Å². The molecule has 0 saturated carbocycles. The van der Waals surface area contributed by atoms with E-state index in [1.165, 1.54) is 46.0 Å². The SMILES string of the molecule is Cn1c(=O)[nH]c(=O)c2c1ccn2CC(=O)Nc1nc(-c2cc(F)c(OCc3ccccc3C(F)(F)F)c(F)c2)cs1. The fourth-order valence-electron chi connectivity index (χ4n) is 4.16. The molecule has 41 heavy (non-hydrogen) atoms. The third-order valence-electron chi connectivity index (χ3n) is 6.10. The molecule has 212 valence electrons. The molecule has 0 aliphatic rings. The highest BCUT2D eigenvalue weighted by molar-refractivity contribution is 7.14. The fraction of sp³-hybridized carbons (Fsp3) is 0.154. The fourth-order valence-corrected chi connectivity index (χ4v) is 4.89. The summed E-state index contributed by atoms with van der Waals surface area (Å²) in [5, 5.41) is 4.08. The van der Waals surface area contributed by atoms with E-state index in [1.807, 2.05) is 0 Å². The lowest BCUT2D eigenvalue weighted by Gasteiger charge is -2.14. The van der Waals surface area contributed by atoms with Crippen molar-refractivity contribution in [2.45, 2.75) is 19.3 Å². The van der Waals surface area contributed by atoms with Crippen LogP contribution in [0.3, 0.4) is 0 Å². The highest BCUT2D eigenvalue weighted by Crippen LogP contribution is 2.34. The molecular weight excluding hydrogens is 573 g/mol. The Balaban J connectivity index is 1.29. The second-order valence-corrected chi connectivity index (χ2v) is 9.65. The third kappa shape index (κ3) is 5.61. The number of amides is 1. The monoisotopic (exact) mass is 591 g/mol. The van der Waals surface area contributed by atoms with E-state index in [4.69, 9.17) is 4.74 Å². The number of alkyl halides is 3. The highest BCUT2D eigenvalue weighted by Gasteiger charge is 2.33. The number of ether oxygens (including phenoxy) is 1. The minimum atomic E-state index is -4.66. The number of nitrogens with zero attached hydrogens (tertiary/aromatic N) is 3. The van der Waals surface area contributed by atoms with Crippen LogP contribution in [0.15, 0.2) is 63.6 Å².